The van der Waals surface area contributed by atoms with Gasteiger partial charge in [0.25, 0.3) is 0 Å². The highest BCUT2D eigenvalue weighted by atomic mass is 35.5. The summed E-state index contributed by atoms with van der Waals surface area (Å²) in [5.74, 6) is 0.687. The summed E-state index contributed by atoms with van der Waals surface area (Å²) in [6.45, 7) is 7.13. The molecule has 0 unspecified atom stereocenters. The zero-order chi connectivity index (χ0) is 17.0. The molecular formula is C16H21ClN4O2. The summed E-state index contributed by atoms with van der Waals surface area (Å²) in [6, 6.07) is 5.34. The van der Waals surface area contributed by atoms with E-state index in [1.54, 1.807) is 6.07 Å². The third-order valence-electron chi connectivity index (χ3n) is 3.43. The van der Waals surface area contributed by atoms with Crippen LogP contribution < -0.4 is 10.2 Å². The molecule has 0 bridgehead atoms. The fourth-order valence-electron chi connectivity index (χ4n) is 2.40. The van der Waals surface area contributed by atoms with Crippen molar-refractivity contribution in [2.45, 2.75) is 45.3 Å². The maximum atomic E-state index is 11.8. The summed E-state index contributed by atoms with van der Waals surface area (Å²) in [5.41, 5.74) is 0.179. The minimum Gasteiger partial charge on any atom is -0.446 e. The van der Waals surface area contributed by atoms with E-state index in [-0.39, 0.29) is 17.7 Å². The molecule has 0 saturated carbocycles. The van der Waals surface area contributed by atoms with E-state index in [1.807, 2.05) is 25.7 Å². The van der Waals surface area contributed by atoms with Gasteiger partial charge in [-0.05, 0) is 32.9 Å². The number of ether oxygens (including phenoxy) is 1. The van der Waals surface area contributed by atoms with Crippen molar-refractivity contribution in [3.63, 3.8) is 0 Å². The molecule has 6 nitrogen and oxygen atoms in total. The van der Waals surface area contributed by atoms with Gasteiger partial charge in [-0.1, -0.05) is 11.6 Å². The van der Waals surface area contributed by atoms with Crippen molar-refractivity contribution >= 4 is 23.5 Å². The summed E-state index contributed by atoms with van der Waals surface area (Å²) < 4.78 is 5.44. The second-order valence-electron chi connectivity index (χ2n) is 6.62. The molecule has 2 rings (SSSR count). The highest BCUT2D eigenvalue weighted by Crippen LogP contribution is 2.23. The van der Waals surface area contributed by atoms with Crippen LogP contribution in [0.25, 0.3) is 0 Å². The minimum absolute atomic E-state index is 0.108. The smallest absolute Gasteiger partial charge is 0.407 e. The van der Waals surface area contributed by atoms with E-state index >= 15 is 0 Å². The fourth-order valence-corrected chi connectivity index (χ4v) is 2.60. The van der Waals surface area contributed by atoms with Crippen LogP contribution in [0.5, 0.6) is 0 Å². The van der Waals surface area contributed by atoms with Gasteiger partial charge in [-0.2, -0.15) is 5.26 Å². The molecular weight excluding hydrogens is 316 g/mol. The van der Waals surface area contributed by atoms with Crippen LogP contribution in [-0.2, 0) is 4.74 Å². The SMILES string of the molecule is CC(C)(C)NC(=O)OC1CCN(c2cc(C#N)cc(Cl)n2)CC1. The Kier molecular flexibility index (Phi) is 5.32. The number of nitrogens with zero attached hydrogens (tertiary/aromatic N) is 3. The monoisotopic (exact) mass is 336 g/mol. The van der Waals surface area contributed by atoms with Crippen LogP contribution in [0.2, 0.25) is 5.15 Å². The number of alkyl carbamates (subject to hydrolysis) is 1. The lowest BCUT2D eigenvalue weighted by Crippen LogP contribution is -2.44. The van der Waals surface area contributed by atoms with Crippen molar-refractivity contribution in [2.24, 2.45) is 0 Å². The quantitative estimate of drug-likeness (QED) is 0.839. The third kappa shape index (κ3) is 5.29. The predicted octanol–water partition coefficient (Wildman–Crippen LogP) is 3.10. The molecule has 0 aliphatic carbocycles. The molecule has 7 heteroatoms. The molecule has 1 aliphatic heterocycles. The third-order valence-corrected chi connectivity index (χ3v) is 3.62. The number of carbonyl (C=O) groups is 1. The van der Waals surface area contributed by atoms with Gasteiger partial charge in [0.05, 0.1) is 11.6 Å². The summed E-state index contributed by atoms with van der Waals surface area (Å²) in [5, 5.41) is 12.1. The fraction of sp³-hybridized carbons (Fsp3) is 0.562. The van der Waals surface area contributed by atoms with E-state index in [0.29, 0.717) is 42.5 Å². The normalized spacial score (nSPS) is 15.9. The van der Waals surface area contributed by atoms with Crippen LogP contribution in [0.15, 0.2) is 12.1 Å². The van der Waals surface area contributed by atoms with Gasteiger partial charge >= 0.3 is 6.09 Å². The molecule has 1 fully saturated rings. The van der Waals surface area contributed by atoms with Crippen LogP contribution in [-0.4, -0.2) is 35.8 Å². The van der Waals surface area contributed by atoms with Gasteiger partial charge in [0.1, 0.15) is 17.1 Å². The summed E-state index contributed by atoms with van der Waals surface area (Å²) in [4.78, 5) is 18.1. The minimum atomic E-state index is -0.386. The molecule has 2 heterocycles. The molecule has 1 aromatic rings. The number of rotatable bonds is 2. The number of hydrogen-bond acceptors (Lipinski definition) is 5. The van der Waals surface area contributed by atoms with E-state index in [1.165, 1.54) is 6.07 Å². The number of amides is 1. The van der Waals surface area contributed by atoms with Gasteiger partial charge in [-0.25, -0.2) is 9.78 Å². The number of hydrogen-bond donors (Lipinski definition) is 1. The molecule has 0 radical (unpaired) electrons. The van der Waals surface area contributed by atoms with Crippen molar-refractivity contribution in [3.8, 4) is 6.07 Å². The first-order valence-electron chi connectivity index (χ1n) is 7.58. The maximum absolute atomic E-state index is 11.8. The average molecular weight is 337 g/mol. The van der Waals surface area contributed by atoms with Crippen LogP contribution in [0.1, 0.15) is 39.2 Å². The Hall–Kier alpha value is -2.00. The number of nitrogens with one attached hydrogen (secondary N) is 1. The Bertz CT molecular complexity index is 613. The first-order chi connectivity index (χ1) is 10.8. The van der Waals surface area contributed by atoms with Crippen molar-refractivity contribution in [2.75, 3.05) is 18.0 Å². The van der Waals surface area contributed by atoms with E-state index in [9.17, 15) is 4.79 Å². The highest BCUT2D eigenvalue weighted by Gasteiger charge is 2.25. The largest absolute Gasteiger partial charge is 0.446 e. The number of anilines is 1. The van der Waals surface area contributed by atoms with Crippen molar-refractivity contribution in [1.29, 1.82) is 5.26 Å². The average Bonchev–Trinajstić information content (AvgIpc) is 2.45. The predicted molar refractivity (Wildman–Crippen MR) is 88.6 cm³/mol. The molecule has 124 valence electrons. The Labute approximate surface area is 141 Å². The van der Waals surface area contributed by atoms with Crippen LogP contribution >= 0.6 is 11.6 Å². The second kappa shape index (κ2) is 7.05. The Morgan fingerprint density at radius 2 is 2.09 bits per heavy atom. The van der Waals surface area contributed by atoms with Crippen LogP contribution in [0.4, 0.5) is 10.6 Å². The second-order valence-corrected chi connectivity index (χ2v) is 7.00. The van der Waals surface area contributed by atoms with Gasteiger partial charge in [0.15, 0.2) is 0 Å². The van der Waals surface area contributed by atoms with Gasteiger partial charge in [0, 0.05) is 31.5 Å². The standard InChI is InChI=1S/C16H21ClN4O2/c1-16(2,3)20-15(22)23-12-4-6-21(7-5-12)14-9-11(10-18)8-13(17)19-14/h8-9,12H,4-7H2,1-3H3,(H,20,22). The van der Waals surface area contributed by atoms with Crippen molar-refractivity contribution in [1.82, 2.24) is 10.3 Å². The van der Waals surface area contributed by atoms with E-state index < -0.39 is 0 Å². The van der Waals surface area contributed by atoms with E-state index in [2.05, 4.69) is 16.4 Å². The summed E-state index contributed by atoms with van der Waals surface area (Å²) in [7, 11) is 0. The lowest BCUT2D eigenvalue weighted by Gasteiger charge is -2.33. The summed E-state index contributed by atoms with van der Waals surface area (Å²) >= 11 is 5.94. The molecule has 23 heavy (non-hydrogen) atoms. The molecule has 0 spiro atoms. The number of carbonyl (C=O) groups excluding carboxylic acids is 1. The lowest BCUT2D eigenvalue weighted by atomic mass is 10.1. The number of piperidine rings is 1. The molecule has 1 N–H and O–H groups in total. The highest BCUT2D eigenvalue weighted by molar-refractivity contribution is 6.29. The Balaban J connectivity index is 1.90. The first-order valence-corrected chi connectivity index (χ1v) is 7.96. The maximum Gasteiger partial charge on any atom is 0.407 e. The van der Waals surface area contributed by atoms with E-state index in [4.69, 9.17) is 21.6 Å². The number of aromatic nitrogens is 1. The first kappa shape index (κ1) is 17.4. The lowest BCUT2D eigenvalue weighted by molar-refractivity contribution is 0.0776. The van der Waals surface area contributed by atoms with Gasteiger partial charge < -0.3 is 15.0 Å². The van der Waals surface area contributed by atoms with Gasteiger partial charge in [0.2, 0.25) is 0 Å². The molecule has 1 aliphatic rings. The topological polar surface area (TPSA) is 78.2 Å². The molecule has 1 saturated heterocycles. The van der Waals surface area contributed by atoms with Gasteiger partial charge in [-0.15, -0.1) is 0 Å². The Morgan fingerprint density at radius 3 is 2.65 bits per heavy atom. The van der Waals surface area contributed by atoms with Crippen molar-refractivity contribution < 1.29 is 9.53 Å². The Morgan fingerprint density at radius 1 is 1.43 bits per heavy atom. The molecule has 1 amide bonds. The van der Waals surface area contributed by atoms with Gasteiger partial charge in [-0.3, -0.25) is 0 Å². The number of nitriles is 1. The molecule has 1 aromatic heterocycles. The summed E-state index contributed by atoms with van der Waals surface area (Å²) in [6.07, 6.45) is 0.938. The van der Waals surface area contributed by atoms with E-state index in [0.717, 1.165) is 0 Å². The molecule has 0 atom stereocenters. The zero-order valence-electron chi connectivity index (χ0n) is 13.6. The number of halogens is 1. The van der Waals surface area contributed by atoms with Crippen LogP contribution in [0, 0.1) is 11.3 Å². The molecule has 0 aromatic carbocycles. The zero-order valence-corrected chi connectivity index (χ0v) is 14.4. The van der Waals surface area contributed by atoms with Crippen molar-refractivity contribution in [3.05, 3.63) is 22.8 Å². The number of pyridine rings is 1. The van der Waals surface area contributed by atoms with Crippen LogP contribution in [0.3, 0.4) is 0 Å².